The summed E-state index contributed by atoms with van der Waals surface area (Å²) >= 11 is 3.57. The third kappa shape index (κ3) is 3.55. The van der Waals surface area contributed by atoms with Crippen molar-refractivity contribution < 1.29 is 0 Å². The zero-order valence-electron chi connectivity index (χ0n) is 12.2. The van der Waals surface area contributed by atoms with E-state index in [0.29, 0.717) is 0 Å². The van der Waals surface area contributed by atoms with Crippen LogP contribution in [-0.4, -0.2) is 4.98 Å². The minimum absolute atomic E-state index is 1.01. The van der Waals surface area contributed by atoms with E-state index in [1.165, 1.54) is 30.8 Å². The third-order valence-electron chi connectivity index (χ3n) is 3.27. The van der Waals surface area contributed by atoms with Crippen LogP contribution in [-0.2, 0) is 6.42 Å². The Bertz CT molecular complexity index is 729. The van der Waals surface area contributed by atoms with Crippen molar-refractivity contribution in [3.8, 4) is 11.1 Å². The molecule has 0 amide bonds. The lowest BCUT2D eigenvalue weighted by Gasteiger charge is -2.05. The first-order valence-electron chi connectivity index (χ1n) is 7.04. The lowest BCUT2D eigenvalue weighted by molar-refractivity contribution is 1.09. The Morgan fingerprint density at radius 2 is 1.86 bits per heavy atom. The summed E-state index contributed by atoms with van der Waals surface area (Å²) in [5.41, 5.74) is 3.82. The maximum Gasteiger partial charge on any atom is 0.0934 e. The van der Waals surface area contributed by atoms with E-state index >= 15 is 0 Å². The quantitative estimate of drug-likeness (QED) is 0.601. The maximum absolute atomic E-state index is 4.42. The molecular weight excluding hydrogens is 294 g/mol. The predicted molar refractivity (Wildman–Crippen MR) is 92.2 cm³/mol. The van der Waals surface area contributed by atoms with Crippen LogP contribution in [0.2, 0.25) is 0 Å². The Balaban J connectivity index is 1.84. The molecule has 21 heavy (non-hydrogen) atoms. The minimum atomic E-state index is 1.01. The number of nitrogens with zero attached hydrogens (tertiary/aromatic N) is 1. The zero-order chi connectivity index (χ0) is 14.7. The topological polar surface area (TPSA) is 12.9 Å². The van der Waals surface area contributed by atoms with Crippen molar-refractivity contribution >= 4 is 23.1 Å². The number of thiazole rings is 1. The molecule has 3 aromatic rings. The van der Waals surface area contributed by atoms with E-state index in [1.54, 1.807) is 23.1 Å². The van der Waals surface area contributed by atoms with E-state index < -0.39 is 0 Å². The predicted octanol–water partition coefficient (Wildman–Crippen LogP) is 5.83. The lowest BCUT2D eigenvalue weighted by atomic mass is 10.0. The SMILES string of the molecule is CCc1ncc(Sc2cccc(-c3ccc(C)cc3)c2)s1. The van der Waals surface area contributed by atoms with Gasteiger partial charge in [0.2, 0.25) is 0 Å². The number of rotatable bonds is 4. The fraction of sp³-hybridized carbons (Fsp3) is 0.167. The van der Waals surface area contributed by atoms with Gasteiger partial charge in [0, 0.05) is 4.90 Å². The second-order valence-electron chi connectivity index (χ2n) is 4.92. The molecule has 0 aliphatic rings. The fourth-order valence-electron chi connectivity index (χ4n) is 2.11. The molecule has 0 radical (unpaired) electrons. The number of aromatic nitrogens is 1. The van der Waals surface area contributed by atoms with Gasteiger partial charge in [-0.2, -0.15) is 0 Å². The van der Waals surface area contributed by atoms with Gasteiger partial charge in [-0.25, -0.2) is 4.98 Å². The van der Waals surface area contributed by atoms with Crippen LogP contribution in [0.15, 0.2) is 63.8 Å². The zero-order valence-corrected chi connectivity index (χ0v) is 13.8. The average molecular weight is 311 g/mol. The van der Waals surface area contributed by atoms with Crippen LogP contribution < -0.4 is 0 Å². The van der Waals surface area contributed by atoms with E-state index in [-0.39, 0.29) is 0 Å². The molecule has 0 aliphatic carbocycles. The van der Waals surface area contributed by atoms with Gasteiger partial charge in [0.05, 0.1) is 15.4 Å². The largest absolute Gasteiger partial charge is 0.248 e. The maximum atomic E-state index is 4.42. The van der Waals surface area contributed by atoms with Crippen molar-refractivity contribution in [1.29, 1.82) is 0 Å². The summed E-state index contributed by atoms with van der Waals surface area (Å²) in [5.74, 6) is 0. The molecule has 0 saturated carbocycles. The second kappa shape index (κ2) is 6.46. The molecule has 0 fully saturated rings. The molecule has 0 atom stereocenters. The van der Waals surface area contributed by atoms with Crippen molar-refractivity contribution in [2.75, 3.05) is 0 Å². The van der Waals surface area contributed by atoms with Crippen LogP contribution >= 0.6 is 23.1 Å². The summed E-state index contributed by atoms with van der Waals surface area (Å²) in [6, 6.07) is 17.4. The lowest BCUT2D eigenvalue weighted by Crippen LogP contribution is -1.79. The molecule has 1 aromatic heterocycles. The molecule has 1 heterocycles. The smallest absolute Gasteiger partial charge is 0.0934 e. The Labute approximate surface area is 134 Å². The van der Waals surface area contributed by atoms with Crippen molar-refractivity contribution in [1.82, 2.24) is 4.98 Å². The molecule has 0 N–H and O–H groups in total. The number of aryl methyl sites for hydroxylation is 2. The summed E-state index contributed by atoms with van der Waals surface area (Å²) in [7, 11) is 0. The monoisotopic (exact) mass is 311 g/mol. The van der Waals surface area contributed by atoms with Crippen molar-refractivity contribution in [3.05, 3.63) is 65.3 Å². The van der Waals surface area contributed by atoms with Crippen LogP contribution in [0.3, 0.4) is 0 Å². The number of hydrogen-bond acceptors (Lipinski definition) is 3. The Kier molecular flexibility index (Phi) is 4.42. The molecular formula is C18H17NS2. The molecule has 3 rings (SSSR count). The first-order chi connectivity index (χ1) is 10.2. The molecule has 0 saturated heterocycles. The molecule has 106 valence electrons. The summed E-state index contributed by atoms with van der Waals surface area (Å²) < 4.78 is 1.26. The summed E-state index contributed by atoms with van der Waals surface area (Å²) in [5, 5.41) is 1.20. The van der Waals surface area contributed by atoms with Gasteiger partial charge in [0.25, 0.3) is 0 Å². The van der Waals surface area contributed by atoms with Crippen molar-refractivity contribution in [2.45, 2.75) is 29.4 Å². The van der Waals surface area contributed by atoms with Crippen LogP contribution in [0, 0.1) is 6.92 Å². The number of hydrogen-bond donors (Lipinski definition) is 0. The van der Waals surface area contributed by atoms with Gasteiger partial charge in [-0.1, -0.05) is 60.6 Å². The minimum Gasteiger partial charge on any atom is -0.248 e. The summed E-state index contributed by atoms with van der Waals surface area (Å²) in [4.78, 5) is 5.68. The van der Waals surface area contributed by atoms with Gasteiger partial charge in [-0.15, -0.1) is 11.3 Å². The Morgan fingerprint density at radius 3 is 2.57 bits per heavy atom. The van der Waals surface area contributed by atoms with Gasteiger partial charge in [0.15, 0.2) is 0 Å². The molecule has 1 nitrogen and oxygen atoms in total. The summed E-state index contributed by atoms with van der Waals surface area (Å²) in [6.07, 6.45) is 2.99. The normalized spacial score (nSPS) is 10.8. The highest BCUT2D eigenvalue weighted by atomic mass is 32.2. The standard InChI is InChI=1S/C18H17NS2/c1-3-17-19-12-18(21-17)20-16-6-4-5-15(11-16)14-9-7-13(2)8-10-14/h4-12H,3H2,1-2H3. The van der Waals surface area contributed by atoms with E-state index in [9.17, 15) is 0 Å². The molecule has 0 bridgehead atoms. The average Bonchev–Trinajstić information content (AvgIpc) is 2.96. The third-order valence-corrected chi connectivity index (χ3v) is 5.50. The molecule has 2 aromatic carbocycles. The van der Waals surface area contributed by atoms with E-state index in [2.05, 4.69) is 67.4 Å². The molecule has 0 unspecified atom stereocenters. The van der Waals surface area contributed by atoms with Gasteiger partial charge in [-0.3, -0.25) is 0 Å². The van der Waals surface area contributed by atoms with Crippen LogP contribution in [0.1, 0.15) is 17.5 Å². The van der Waals surface area contributed by atoms with E-state index in [1.807, 2.05) is 6.20 Å². The first-order valence-corrected chi connectivity index (χ1v) is 8.67. The molecule has 0 aliphatic heterocycles. The van der Waals surface area contributed by atoms with Gasteiger partial charge in [-0.05, 0) is 36.6 Å². The fourth-order valence-corrected chi connectivity index (χ4v) is 4.11. The van der Waals surface area contributed by atoms with Gasteiger partial charge in [0.1, 0.15) is 0 Å². The van der Waals surface area contributed by atoms with Crippen molar-refractivity contribution in [2.24, 2.45) is 0 Å². The highest BCUT2D eigenvalue weighted by Crippen LogP contribution is 2.34. The summed E-state index contributed by atoms with van der Waals surface area (Å²) in [6.45, 7) is 4.26. The molecule has 3 heteroatoms. The van der Waals surface area contributed by atoms with Crippen LogP contribution in [0.4, 0.5) is 0 Å². The van der Waals surface area contributed by atoms with Crippen molar-refractivity contribution in [3.63, 3.8) is 0 Å². The van der Waals surface area contributed by atoms with E-state index in [4.69, 9.17) is 0 Å². The van der Waals surface area contributed by atoms with Gasteiger partial charge >= 0.3 is 0 Å². The number of benzene rings is 2. The molecule has 0 spiro atoms. The Hall–Kier alpha value is -1.58. The second-order valence-corrected chi connectivity index (χ2v) is 7.41. The van der Waals surface area contributed by atoms with Crippen LogP contribution in [0.5, 0.6) is 0 Å². The highest BCUT2D eigenvalue weighted by molar-refractivity contribution is 8.01. The van der Waals surface area contributed by atoms with E-state index in [0.717, 1.165) is 6.42 Å². The van der Waals surface area contributed by atoms with Crippen LogP contribution in [0.25, 0.3) is 11.1 Å². The first kappa shape index (κ1) is 14.4. The Morgan fingerprint density at radius 1 is 1.05 bits per heavy atom. The van der Waals surface area contributed by atoms with Gasteiger partial charge < -0.3 is 0 Å². The highest BCUT2D eigenvalue weighted by Gasteiger charge is 2.04.